The minimum Gasteiger partial charge on any atom is -0.506 e. The number of carbonyl (C=O) groups excluding carboxylic acids is 1. The number of fused-ring (bicyclic) bond motifs is 2. The van der Waals surface area contributed by atoms with E-state index in [0.717, 1.165) is 12.5 Å². The molecule has 0 radical (unpaired) electrons. The van der Waals surface area contributed by atoms with Gasteiger partial charge in [-0.2, -0.15) is 16.8 Å². The van der Waals surface area contributed by atoms with E-state index < -0.39 is 31.4 Å². The van der Waals surface area contributed by atoms with E-state index in [1.165, 1.54) is 19.2 Å². The molecule has 0 saturated carbocycles. The predicted molar refractivity (Wildman–Crippen MR) is 139 cm³/mol. The lowest BCUT2D eigenvalue weighted by atomic mass is 9.66. The normalized spacial score (nSPS) is 20.9. The fraction of sp³-hybridized carbons (Fsp3) is 0.333. The first-order valence-electron chi connectivity index (χ1n) is 11.3. The molecule has 1 aliphatic heterocycles. The molecule has 0 bridgehead atoms. The van der Waals surface area contributed by atoms with Gasteiger partial charge in [0.1, 0.15) is 16.2 Å². The van der Waals surface area contributed by atoms with Crippen molar-refractivity contribution in [3.63, 3.8) is 0 Å². The number of hydrogen-bond donors (Lipinski definition) is 4. The molecule has 4 N–H and O–H groups in total. The number of aliphatic hydroxyl groups excluding tert-OH is 1. The highest BCUT2D eigenvalue weighted by Crippen LogP contribution is 2.44. The number of nitrogens with one attached hydrogen (secondary N) is 3. The molecule has 0 spiro atoms. The number of sulfonamides is 1. The largest absolute Gasteiger partial charge is 0.506 e. The third kappa shape index (κ3) is 4.51. The quantitative estimate of drug-likeness (QED) is 0.426. The summed E-state index contributed by atoms with van der Waals surface area (Å²) < 4.78 is 57.9. The van der Waals surface area contributed by atoms with Crippen molar-refractivity contribution in [2.45, 2.75) is 43.9 Å². The minimum absolute atomic E-state index is 0.0121. The van der Waals surface area contributed by atoms with E-state index >= 15 is 0 Å². The summed E-state index contributed by atoms with van der Waals surface area (Å²) in [4.78, 5) is 13.6. The lowest BCUT2D eigenvalue weighted by molar-refractivity contribution is -0.120. The Bertz CT molecular complexity index is 1530. The van der Waals surface area contributed by atoms with Gasteiger partial charge in [-0.25, -0.2) is 4.72 Å². The monoisotopic (exact) mass is 532 g/mol. The number of ketones is 1. The van der Waals surface area contributed by atoms with Crippen LogP contribution in [0.5, 0.6) is 0 Å². The van der Waals surface area contributed by atoms with Crippen LogP contribution >= 0.6 is 0 Å². The number of anilines is 2. The van der Waals surface area contributed by atoms with Crippen molar-refractivity contribution in [1.29, 1.82) is 0 Å². The smallest absolute Gasteiger partial charge is 0.298 e. The number of benzene rings is 2. The second-order valence-corrected chi connectivity index (χ2v) is 12.6. The Morgan fingerprint density at radius 1 is 1.17 bits per heavy atom. The standard InChI is InChI=1S/C24H28N4O6S2/c1-14(2)11-12-24(3)17-8-6-5-7-16(17)21(29)20(22(24)30)23-26-18-10-9-15(27-36(33,34)25-4)13-19(18)35(31,32)28-23/h5-10,13-14,25,27,29H,11-12H2,1-4H3,(H,26,28). The first-order valence-corrected chi connectivity index (χ1v) is 14.3. The Morgan fingerprint density at radius 3 is 2.53 bits per heavy atom. The summed E-state index contributed by atoms with van der Waals surface area (Å²) in [6.07, 6.45) is 1.25. The molecular formula is C24H28N4O6S2. The number of aliphatic hydroxyl groups is 1. The summed E-state index contributed by atoms with van der Waals surface area (Å²) in [5.41, 5.74) is 0.0442. The molecule has 2 aliphatic rings. The SMILES string of the molecule is CNS(=O)(=O)Nc1ccc2c(c1)S(=O)(=O)N=C(C1=C(O)c3ccccc3C(C)(CCC(C)C)C1=O)N2. The van der Waals surface area contributed by atoms with Gasteiger partial charge < -0.3 is 10.4 Å². The predicted octanol–water partition coefficient (Wildman–Crippen LogP) is 3.32. The van der Waals surface area contributed by atoms with Crippen LogP contribution in [0.2, 0.25) is 0 Å². The molecule has 1 heterocycles. The Balaban J connectivity index is 1.82. The molecule has 10 nitrogen and oxygen atoms in total. The van der Waals surface area contributed by atoms with Crippen molar-refractivity contribution in [1.82, 2.24) is 4.72 Å². The lowest BCUT2D eigenvalue weighted by Crippen LogP contribution is -2.42. The molecule has 0 fully saturated rings. The van der Waals surface area contributed by atoms with Crippen molar-refractivity contribution in [3.8, 4) is 0 Å². The van der Waals surface area contributed by atoms with Crippen LogP contribution in [0.3, 0.4) is 0 Å². The Kier molecular flexibility index (Phi) is 6.48. The van der Waals surface area contributed by atoms with E-state index in [1.54, 1.807) is 31.2 Å². The number of carbonyl (C=O) groups is 1. The van der Waals surface area contributed by atoms with Gasteiger partial charge >= 0.3 is 0 Å². The number of nitrogens with zero attached hydrogens (tertiary/aromatic N) is 1. The van der Waals surface area contributed by atoms with E-state index in [0.29, 0.717) is 23.5 Å². The van der Waals surface area contributed by atoms with Crippen molar-refractivity contribution in [2.24, 2.45) is 10.3 Å². The Hall–Kier alpha value is -3.22. The molecule has 0 aromatic heterocycles. The van der Waals surface area contributed by atoms with Crippen LogP contribution in [0.15, 0.2) is 57.3 Å². The zero-order valence-corrected chi connectivity index (χ0v) is 21.9. The highest BCUT2D eigenvalue weighted by Gasteiger charge is 2.46. The van der Waals surface area contributed by atoms with Crippen molar-refractivity contribution >= 4 is 49.0 Å². The van der Waals surface area contributed by atoms with Gasteiger partial charge in [0.15, 0.2) is 11.6 Å². The van der Waals surface area contributed by atoms with Crippen LogP contribution in [-0.2, 0) is 30.4 Å². The third-order valence-corrected chi connectivity index (χ3v) is 8.80. The molecular weight excluding hydrogens is 504 g/mol. The van der Waals surface area contributed by atoms with Crippen LogP contribution < -0.4 is 14.8 Å². The lowest BCUT2D eigenvalue weighted by Gasteiger charge is -2.36. The van der Waals surface area contributed by atoms with Crippen LogP contribution in [0, 0.1) is 5.92 Å². The second-order valence-electron chi connectivity index (χ2n) is 9.42. The average molecular weight is 533 g/mol. The maximum atomic E-state index is 13.9. The van der Waals surface area contributed by atoms with Crippen LogP contribution in [0.25, 0.3) is 5.76 Å². The molecule has 12 heteroatoms. The average Bonchev–Trinajstić information content (AvgIpc) is 2.81. The minimum atomic E-state index is -4.34. The molecule has 0 saturated heterocycles. The zero-order valence-electron chi connectivity index (χ0n) is 20.3. The van der Waals surface area contributed by atoms with E-state index in [4.69, 9.17) is 0 Å². The van der Waals surface area contributed by atoms with Crippen LogP contribution in [0.4, 0.5) is 11.4 Å². The van der Waals surface area contributed by atoms with Gasteiger partial charge in [-0.05, 0) is 49.4 Å². The number of rotatable bonds is 7. The highest BCUT2D eigenvalue weighted by atomic mass is 32.2. The number of Topliss-reactive ketones (excluding diaryl/α,β-unsaturated/α-hetero) is 1. The van der Waals surface area contributed by atoms with Crippen molar-refractivity contribution < 1.29 is 26.7 Å². The molecule has 1 aliphatic carbocycles. The van der Waals surface area contributed by atoms with E-state index in [1.807, 2.05) is 0 Å². The maximum Gasteiger partial charge on any atom is 0.298 e. The fourth-order valence-corrected chi connectivity index (χ4v) is 6.08. The number of hydrogen-bond acceptors (Lipinski definition) is 7. The first-order chi connectivity index (χ1) is 16.8. The topological polar surface area (TPSA) is 154 Å². The molecule has 4 rings (SSSR count). The molecule has 1 unspecified atom stereocenters. The summed E-state index contributed by atoms with van der Waals surface area (Å²) in [6.45, 7) is 5.91. The maximum absolute atomic E-state index is 13.9. The Morgan fingerprint density at radius 2 is 1.86 bits per heavy atom. The highest BCUT2D eigenvalue weighted by molar-refractivity contribution is 7.91. The van der Waals surface area contributed by atoms with E-state index in [9.17, 15) is 26.7 Å². The summed E-state index contributed by atoms with van der Waals surface area (Å²) in [7, 11) is -7.00. The van der Waals surface area contributed by atoms with Crippen molar-refractivity contribution in [2.75, 3.05) is 17.1 Å². The third-order valence-electron chi connectivity index (χ3n) is 6.45. The van der Waals surface area contributed by atoms with E-state index in [-0.39, 0.29) is 33.4 Å². The van der Waals surface area contributed by atoms with Crippen LogP contribution in [-0.4, -0.2) is 40.6 Å². The Labute approximate surface area is 210 Å². The summed E-state index contributed by atoms with van der Waals surface area (Å²) in [5.74, 6) is -0.723. The summed E-state index contributed by atoms with van der Waals surface area (Å²) in [5, 5.41) is 14.0. The summed E-state index contributed by atoms with van der Waals surface area (Å²) in [6, 6.07) is 10.9. The van der Waals surface area contributed by atoms with Gasteiger partial charge in [0.25, 0.3) is 20.2 Å². The first kappa shape index (κ1) is 25.9. The number of amidine groups is 1. The zero-order chi connectivity index (χ0) is 26.5. The van der Waals surface area contributed by atoms with Gasteiger partial charge in [-0.15, -0.1) is 4.40 Å². The molecule has 1 atom stereocenters. The van der Waals surface area contributed by atoms with Gasteiger partial charge in [-0.3, -0.25) is 9.52 Å². The van der Waals surface area contributed by atoms with E-state index in [2.05, 4.69) is 33.0 Å². The molecule has 0 amide bonds. The molecule has 36 heavy (non-hydrogen) atoms. The van der Waals surface area contributed by atoms with Crippen LogP contribution in [0.1, 0.15) is 44.7 Å². The fourth-order valence-electron chi connectivity index (χ4n) is 4.39. The molecule has 2 aromatic carbocycles. The van der Waals surface area contributed by atoms with Gasteiger partial charge in [0.05, 0.1) is 16.8 Å². The molecule has 2 aromatic rings. The van der Waals surface area contributed by atoms with Gasteiger partial charge in [0.2, 0.25) is 0 Å². The molecule has 192 valence electrons. The summed E-state index contributed by atoms with van der Waals surface area (Å²) >= 11 is 0. The van der Waals surface area contributed by atoms with Gasteiger partial charge in [-0.1, -0.05) is 38.1 Å². The second kappa shape index (κ2) is 9.02. The van der Waals surface area contributed by atoms with Gasteiger partial charge in [0, 0.05) is 12.6 Å². The van der Waals surface area contributed by atoms with Crippen molar-refractivity contribution in [3.05, 3.63) is 59.2 Å².